The minimum absolute atomic E-state index is 0.0265. The van der Waals surface area contributed by atoms with Crippen molar-refractivity contribution in [1.82, 2.24) is 10.2 Å². The number of hydrogen-bond acceptors (Lipinski definition) is 9. The Bertz CT molecular complexity index is 895. The predicted molar refractivity (Wildman–Crippen MR) is 99.4 cm³/mol. The Hall–Kier alpha value is -1.98. The molecule has 0 spiro atoms. The molecule has 0 saturated carbocycles. The number of sulfone groups is 1. The van der Waals surface area contributed by atoms with E-state index in [1.165, 1.54) is 19.1 Å². The number of nitrogens with one attached hydrogen (secondary N) is 1. The average molecular weight is 416 g/mol. The van der Waals surface area contributed by atoms with Crippen LogP contribution in [0.5, 0.6) is 0 Å². The number of amides is 1. The summed E-state index contributed by atoms with van der Waals surface area (Å²) in [6, 6.07) is 5.99. The first-order valence-corrected chi connectivity index (χ1v) is 11.1. The van der Waals surface area contributed by atoms with Gasteiger partial charge in [0, 0.05) is 0 Å². The summed E-state index contributed by atoms with van der Waals surface area (Å²) in [4.78, 5) is 23.7. The van der Waals surface area contributed by atoms with Crippen LogP contribution in [0.25, 0.3) is 0 Å². The summed E-state index contributed by atoms with van der Waals surface area (Å²) >= 11 is 2.23. The van der Waals surface area contributed by atoms with Crippen molar-refractivity contribution in [3.63, 3.8) is 0 Å². The normalized spacial score (nSPS) is 11.2. The van der Waals surface area contributed by atoms with E-state index in [0.29, 0.717) is 10.9 Å². The van der Waals surface area contributed by atoms with E-state index in [-0.39, 0.29) is 33.1 Å². The van der Waals surface area contributed by atoms with Gasteiger partial charge in [-0.05, 0) is 19.1 Å². The highest BCUT2D eigenvalue weighted by Gasteiger charge is 2.21. The minimum atomic E-state index is -3.53. The lowest BCUT2D eigenvalue weighted by Crippen LogP contribution is -2.17. The lowest BCUT2D eigenvalue weighted by molar-refractivity contribution is -0.139. The number of ether oxygens (including phenoxy) is 1. The first-order chi connectivity index (χ1) is 12.4. The molecule has 8 nitrogen and oxygen atoms in total. The molecule has 2 aromatic rings. The molecule has 0 bridgehead atoms. The highest BCUT2D eigenvalue weighted by molar-refractivity contribution is 8.01. The zero-order valence-electron chi connectivity index (χ0n) is 14.1. The first kappa shape index (κ1) is 20.3. The third-order valence-corrected chi connectivity index (χ3v) is 6.82. The van der Waals surface area contributed by atoms with Crippen LogP contribution in [-0.4, -0.2) is 48.6 Å². The number of nitrogens with zero attached hydrogens (tertiary/aromatic N) is 2. The molecule has 0 aliphatic carbocycles. The van der Waals surface area contributed by atoms with Gasteiger partial charge < -0.3 is 4.74 Å². The largest absolute Gasteiger partial charge is 0.465 e. The van der Waals surface area contributed by atoms with Crippen LogP contribution in [0.1, 0.15) is 24.2 Å². The molecule has 0 aliphatic rings. The van der Waals surface area contributed by atoms with Crippen molar-refractivity contribution in [1.29, 1.82) is 0 Å². The standard InChI is InChI=1S/C15H17N3O5S3/c1-3-23-12(19)9-24-15-18-17-14(25-15)16-13(20)10-7-5-6-8-11(10)26(21,22)4-2/h5-8H,3-4,9H2,1-2H3,(H,16,17,20). The number of carbonyl (C=O) groups is 2. The smallest absolute Gasteiger partial charge is 0.316 e. The summed E-state index contributed by atoms with van der Waals surface area (Å²) < 4.78 is 29.6. The van der Waals surface area contributed by atoms with Crippen LogP contribution in [0.2, 0.25) is 0 Å². The molecule has 0 saturated heterocycles. The Kier molecular flexibility index (Phi) is 7.12. The van der Waals surface area contributed by atoms with E-state index in [1.54, 1.807) is 19.1 Å². The molecule has 0 unspecified atom stereocenters. The summed E-state index contributed by atoms with van der Waals surface area (Å²) in [6.07, 6.45) is 0. The van der Waals surface area contributed by atoms with Gasteiger partial charge in [0.25, 0.3) is 5.91 Å². The van der Waals surface area contributed by atoms with Gasteiger partial charge in [0.1, 0.15) is 0 Å². The van der Waals surface area contributed by atoms with Gasteiger partial charge in [-0.3, -0.25) is 14.9 Å². The van der Waals surface area contributed by atoms with Crippen LogP contribution < -0.4 is 5.32 Å². The fraction of sp³-hybridized carbons (Fsp3) is 0.333. The van der Waals surface area contributed by atoms with Crippen molar-refractivity contribution >= 4 is 49.9 Å². The fourth-order valence-corrected chi connectivity index (χ4v) is 4.52. The van der Waals surface area contributed by atoms with Crippen LogP contribution in [0, 0.1) is 0 Å². The van der Waals surface area contributed by atoms with Gasteiger partial charge in [0.2, 0.25) is 5.13 Å². The molecule has 0 fully saturated rings. The maximum absolute atomic E-state index is 12.4. The summed E-state index contributed by atoms with van der Waals surface area (Å²) in [7, 11) is -3.53. The monoisotopic (exact) mass is 415 g/mol. The average Bonchev–Trinajstić information content (AvgIpc) is 3.07. The van der Waals surface area contributed by atoms with Gasteiger partial charge in [0.15, 0.2) is 14.2 Å². The molecule has 140 valence electrons. The Morgan fingerprint density at radius 1 is 1.23 bits per heavy atom. The number of benzene rings is 1. The van der Waals surface area contributed by atoms with E-state index >= 15 is 0 Å². The fourth-order valence-electron chi connectivity index (χ4n) is 1.89. The molecule has 0 aliphatic heterocycles. The van der Waals surface area contributed by atoms with Crippen molar-refractivity contribution in [2.75, 3.05) is 23.4 Å². The molecular weight excluding hydrogens is 398 g/mol. The molecule has 1 aromatic heterocycles. The second-order valence-electron chi connectivity index (χ2n) is 4.82. The Morgan fingerprint density at radius 2 is 1.96 bits per heavy atom. The molecule has 26 heavy (non-hydrogen) atoms. The zero-order chi connectivity index (χ0) is 19.2. The highest BCUT2D eigenvalue weighted by Crippen LogP contribution is 2.26. The van der Waals surface area contributed by atoms with Gasteiger partial charge in [-0.15, -0.1) is 10.2 Å². The van der Waals surface area contributed by atoms with Crippen molar-refractivity contribution in [3.05, 3.63) is 29.8 Å². The SMILES string of the molecule is CCOC(=O)CSc1nnc(NC(=O)c2ccccc2S(=O)(=O)CC)s1. The lowest BCUT2D eigenvalue weighted by Gasteiger charge is -2.08. The third kappa shape index (κ3) is 5.26. The lowest BCUT2D eigenvalue weighted by atomic mass is 10.2. The van der Waals surface area contributed by atoms with Gasteiger partial charge in [-0.2, -0.15) is 0 Å². The Morgan fingerprint density at radius 3 is 2.65 bits per heavy atom. The first-order valence-electron chi connectivity index (χ1n) is 7.62. The van der Waals surface area contributed by atoms with Crippen LogP contribution in [0.3, 0.4) is 0 Å². The predicted octanol–water partition coefficient (Wildman–Crippen LogP) is 2.24. The number of esters is 1. The van der Waals surface area contributed by atoms with Crippen LogP contribution in [0.4, 0.5) is 5.13 Å². The van der Waals surface area contributed by atoms with E-state index in [2.05, 4.69) is 15.5 Å². The number of hydrogen-bond donors (Lipinski definition) is 1. The second-order valence-corrected chi connectivity index (χ2v) is 9.27. The van der Waals surface area contributed by atoms with E-state index in [0.717, 1.165) is 23.1 Å². The number of anilines is 1. The van der Waals surface area contributed by atoms with Gasteiger partial charge in [-0.25, -0.2) is 8.42 Å². The van der Waals surface area contributed by atoms with Crippen LogP contribution in [0.15, 0.2) is 33.5 Å². The molecule has 1 heterocycles. The molecular formula is C15H17N3O5S3. The molecule has 11 heteroatoms. The number of aromatic nitrogens is 2. The van der Waals surface area contributed by atoms with Crippen molar-refractivity contribution < 1.29 is 22.7 Å². The zero-order valence-corrected chi connectivity index (χ0v) is 16.5. The number of thioether (sulfide) groups is 1. The summed E-state index contributed by atoms with van der Waals surface area (Å²) in [5.74, 6) is -0.966. The summed E-state index contributed by atoms with van der Waals surface area (Å²) in [5.41, 5.74) is 0.0466. The maximum atomic E-state index is 12.4. The quantitative estimate of drug-likeness (QED) is 0.396. The van der Waals surface area contributed by atoms with Gasteiger partial charge in [-0.1, -0.05) is 42.2 Å². The Labute approximate surface area is 159 Å². The van der Waals surface area contributed by atoms with E-state index in [9.17, 15) is 18.0 Å². The number of rotatable bonds is 8. The van der Waals surface area contributed by atoms with Crippen molar-refractivity contribution in [3.8, 4) is 0 Å². The minimum Gasteiger partial charge on any atom is -0.465 e. The molecule has 1 N–H and O–H groups in total. The molecule has 2 rings (SSSR count). The maximum Gasteiger partial charge on any atom is 0.316 e. The summed E-state index contributed by atoms with van der Waals surface area (Å²) in [6.45, 7) is 3.54. The van der Waals surface area contributed by atoms with Gasteiger partial charge >= 0.3 is 5.97 Å². The van der Waals surface area contributed by atoms with E-state index < -0.39 is 15.7 Å². The molecule has 0 atom stereocenters. The Balaban J connectivity index is 2.09. The van der Waals surface area contributed by atoms with Crippen molar-refractivity contribution in [2.24, 2.45) is 0 Å². The van der Waals surface area contributed by atoms with Crippen molar-refractivity contribution in [2.45, 2.75) is 23.1 Å². The summed E-state index contributed by atoms with van der Waals surface area (Å²) in [5, 5.41) is 10.5. The molecule has 0 radical (unpaired) electrons. The second kappa shape index (κ2) is 9.10. The van der Waals surface area contributed by atoms with Crippen LogP contribution in [-0.2, 0) is 19.4 Å². The van der Waals surface area contributed by atoms with E-state index in [1.807, 2.05) is 0 Å². The topological polar surface area (TPSA) is 115 Å². The number of carbonyl (C=O) groups excluding carboxylic acids is 2. The molecule has 1 aromatic carbocycles. The van der Waals surface area contributed by atoms with Gasteiger partial charge in [0.05, 0.1) is 28.6 Å². The van der Waals surface area contributed by atoms with Crippen LogP contribution >= 0.6 is 23.1 Å². The third-order valence-electron chi connectivity index (χ3n) is 3.09. The molecule has 1 amide bonds. The van der Waals surface area contributed by atoms with E-state index in [4.69, 9.17) is 4.74 Å². The highest BCUT2D eigenvalue weighted by atomic mass is 32.2.